The second-order valence-corrected chi connectivity index (χ2v) is 9.51. The Labute approximate surface area is 72.4 Å². The summed E-state index contributed by atoms with van der Waals surface area (Å²) in [6.45, 7) is 6.89. The number of hydrogen-bond acceptors (Lipinski definition) is 1. The third-order valence-corrected chi connectivity index (χ3v) is 6.59. The van der Waals surface area contributed by atoms with Crippen molar-refractivity contribution in [3.8, 4) is 0 Å². The fourth-order valence-electron chi connectivity index (χ4n) is 0.696. The summed E-state index contributed by atoms with van der Waals surface area (Å²) < 4.78 is 1.02. The summed E-state index contributed by atoms with van der Waals surface area (Å²) in [5.74, 6) is 0. The van der Waals surface area contributed by atoms with Gasteiger partial charge in [-0.25, -0.2) is 0 Å². The van der Waals surface area contributed by atoms with Gasteiger partial charge in [-0.15, -0.1) is 0 Å². The van der Waals surface area contributed by atoms with Gasteiger partial charge in [0.1, 0.15) is 0 Å². The SMILES string of the molecule is CCNCCC(C)I(C)C. The number of rotatable bonds is 5. The van der Waals surface area contributed by atoms with E-state index in [0.29, 0.717) is 0 Å². The fraction of sp³-hybridized carbons (Fsp3) is 1.00. The van der Waals surface area contributed by atoms with E-state index < -0.39 is 19.8 Å². The maximum atomic E-state index is 3.36. The zero-order chi connectivity index (χ0) is 7.98. The van der Waals surface area contributed by atoms with Gasteiger partial charge >= 0.3 is 72.3 Å². The first-order valence-corrected chi connectivity index (χ1v) is 9.43. The van der Waals surface area contributed by atoms with E-state index in [2.05, 4.69) is 29.0 Å². The molecule has 0 saturated carbocycles. The number of alkyl halides is 3. The summed E-state index contributed by atoms with van der Waals surface area (Å²) >= 11 is -0.498. The van der Waals surface area contributed by atoms with Gasteiger partial charge in [0.25, 0.3) is 0 Å². The average molecular weight is 257 g/mol. The van der Waals surface area contributed by atoms with Crippen molar-refractivity contribution in [2.24, 2.45) is 0 Å². The standard InChI is InChI=1S/C8H20IN/c1-5-10-7-6-8(2)9(3)4/h8,10H,5-7H2,1-4H3. The van der Waals surface area contributed by atoms with Crippen molar-refractivity contribution < 1.29 is 0 Å². The minimum absolute atomic E-state index is 0.498. The molecule has 10 heavy (non-hydrogen) atoms. The Morgan fingerprint density at radius 2 is 2.00 bits per heavy atom. The molecular formula is C8H20IN. The first kappa shape index (κ1) is 10.7. The Hall–Kier alpha value is 0.690. The predicted octanol–water partition coefficient (Wildman–Crippen LogP) is 2.14. The molecule has 1 unspecified atom stereocenters. The fourth-order valence-corrected chi connectivity index (χ4v) is 2.25. The van der Waals surface area contributed by atoms with Crippen LogP contribution >= 0.6 is 19.8 Å². The van der Waals surface area contributed by atoms with Crippen LogP contribution in [0.1, 0.15) is 20.3 Å². The Bertz CT molecular complexity index is 73.7. The quantitative estimate of drug-likeness (QED) is 0.452. The zero-order valence-corrected chi connectivity index (χ0v) is 9.73. The second kappa shape index (κ2) is 6.40. The molecule has 0 bridgehead atoms. The van der Waals surface area contributed by atoms with Crippen molar-refractivity contribution in [3.05, 3.63) is 0 Å². The minimum atomic E-state index is -0.498. The van der Waals surface area contributed by atoms with E-state index in [1.54, 1.807) is 0 Å². The molecule has 64 valence electrons. The van der Waals surface area contributed by atoms with Crippen molar-refractivity contribution in [2.75, 3.05) is 23.0 Å². The molecule has 0 aromatic rings. The predicted molar refractivity (Wildman–Crippen MR) is 58.5 cm³/mol. The summed E-state index contributed by atoms with van der Waals surface area (Å²) in [5.41, 5.74) is 0. The second-order valence-electron chi connectivity index (χ2n) is 2.74. The molecule has 0 aliphatic heterocycles. The average Bonchev–Trinajstić information content (AvgIpc) is 1.88. The Kier molecular flexibility index (Phi) is 6.85. The van der Waals surface area contributed by atoms with Gasteiger partial charge < -0.3 is 0 Å². The van der Waals surface area contributed by atoms with Crippen molar-refractivity contribution in [3.63, 3.8) is 0 Å². The molecule has 0 fully saturated rings. The molecule has 0 aromatic heterocycles. The van der Waals surface area contributed by atoms with Crippen LogP contribution in [-0.2, 0) is 0 Å². The Balaban J connectivity index is 3.13. The van der Waals surface area contributed by atoms with Crippen LogP contribution < -0.4 is 5.32 Å². The van der Waals surface area contributed by atoms with E-state index >= 15 is 0 Å². The topological polar surface area (TPSA) is 12.0 Å². The third-order valence-electron chi connectivity index (χ3n) is 1.71. The molecule has 1 nitrogen and oxygen atoms in total. The molecule has 0 aliphatic rings. The molecule has 0 rings (SSSR count). The molecule has 1 N–H and O–H groups in total. The Morgan fingerprint density at radius 3 is 2.40 bits per heavy atom. The van der Waals surface area contributed by atoms with E-state index in [4.69, 9.17) is 0 Å². The van der Waals surface area contributed by atoms with Crippen molar-refractivity contribution in [1.82, 2.24) is 5.32 Å². The van der Waals surface area contributed by atoms with Gasteiger partial charge in [-0.3, -0.25) is 0 Å². The molecule has 0 aromatic carbocycles. The Morgan fingerprint density at radius 1 is 1.40 bits per heavy atom. The van der Waals surface area contributed by atoms with Crippen LogP contribution in [0.25, 0.3) is 0 Å². The molecule has 0 spiro atoms. The van der Waals surface area contributed by atoms with Gasteiger partial charge in [0, 0.05) is 0 Å². The van der Waals surface area contributed by atoms with Crippen molar-refractivity contribution in [2.45, 2.75) is 24.2 Å². The third kappa shape index (κ3) is 5.47. The van der Waals surface area contributed by atoms with Gasteiger partial charge in [-0.2, -0.15) is 0 Å². The molecule has 0 aliphatic carbocycles. The van der Waals surface area contributed by atoms with E-state index in [1.807, 2.05) is 0 Å². The van der Waals surface area contributed by atoms with Crippen molar-refractivity contribution >= 4 is 19.8 Å². The van der Waals surface area contributed by atoms with Crippen LogP contribution in [0, 0.1) is 0 Å². The van der Waals surface area contributed by atoms with Crippen LogP contribution in [0.15, 0.2) is 0 Å². The molecule has 2 heteroatoms. The van der Waals surface area contributed by atoms with Crippen molar-refractivity contribution in [1.29, 1.82) is 0 Å². The van der Waals surface area contributed by atoms with Crippen LogP contribution in [0.3, 0.4) is 0 Å². The van der Waals surface area contributed by atoms with Crippen LogP contribution in [-0.4, -0.2) is 26.9 Å². The summed E-state index contributed by atoms with van der Waals surface area (Å²) in [7, 11) is 0. The molecular weight excluding hydrogens is 237 g/mol. The van der Waals surface area contributed by atoms with E-state index in [0.717, 1.165) is 10.5 Å². The van der Waals surface area contributed by atoms with Gasteiger partial charge in [-0.1, -0.05) is 0 Å². The van der Waals surface area contributed by atoms with Crippen LogP contribution in [0.2, 0.25) is 0 Å². The van der Waals surface area contributed by atoms with Crippen LogP contribution in [0.4, 0.5) is 0 Å². The van der Waals surface area contributed by atoms with Gasteiger partial charge in [-0.05, 0) is 0 Å². The summed E-state index contributed by atoms with van der Waals surface area (Å²) in [6.07, 6.45) is 1.38. The van der Waals surface area contributed by atoms with Crippen LogP contribution in [0.5, 0.6) is 0 Å². The zero-order valence-electron chi connectivity index (χ0n) is 7.58. The summed E-state index contributed by atoms with van der Waals surface area (Å²) in [5, 5.41) is 3.36. The van der Waals surface area contributed by atoms with Gasteiger partial charge in [0.2, 0.25) is 0 Å². The molecule has 0 amide bonds. The normalized spacial score (nSPS) is 15.0. The summed E-state index contributed by atoms with van der Waals surface area (Å²) in [6, 6.07) is 0. The molecule has 0 radical (unpaired) electrons. The number of hydrogen-bond donors (Lipinski definition) is 1. The number of nitrogens with one attached hydrogen (secondary N) is 1. The summed E-state index contributed by atoms with van der Waals surface area (Å²) in [4.78, 5) is 4.89. The molecule has 1 atom stereocenters. The van der Waals surface area contributed by atoms with E-state index in [1.165, 1.54) is 13.0 Å². The van der Waals surface area contributed by atoms with Gasteiger partial charge in [0.05, 0.1) is 0 Å². The maximum absolute atomic E-state index is 3.36. The molecule has 0 heterocycles. The first-order chi connectivity index (χ1) is 4.68. The van der Waals surface area contributed by atoms with E-state index in [9.17, 15) is 0 Å². The molecule has 0 saturated heterocycles. The number of halogens is 1. The van der Waals surface area contributed by atoms with E-state index in [-0.39, 0.29) is 0 Å². The monoisotopic (exact) mass is 257 g/mol. The first-order valence-electron chi connectivity index (χ1n) is 3.87. The van der Waals surface area contributed by atoms with Gasteiger partial charge in [0.15, 0.2) is 0 Å².